The minimum Gasteiger partial charge on any atom is -0.478 e. The van der Waals surface area contributed by atoms with E-state index < -0.39 is 12.1 Å². The lowest BCUT2D eigenvalue weighted by Gasteiger charge is -2.17. The van der Waals surface area contributed by atoms with Crippen molar-refractivity contribution in [3.05, 3.63) is 89.5 Å². The van der Waals surface area contributed by atoms with Gasteiger partial charge in [0.25, 0.3) is 0 Å². The molecule has 0 heterocycles. The molecule has 0 atom stereocenters. The molecule has 3 aromatic carbocycles. The molecule has 0 radical (unpaired) electrons. The third-order valence-corrected chi connectivity index (χ3v) is 6.06. The zero-order valence-corrected chi connectivity index (χ0v) is 18.9. The fourth-order valence-electron chi connectivity index (χ4n) is 4.22. The summed E-state index contributed by atoms with van der Waals surface area (Å²) >= 11 is 0. The number of carboxylic acids is 1. The van der Waals surface area contributed by atoms with E-state index in [1.165, 1.54) is 28.2 Å². The first-order chi connectivity index (χ1) is 16.5. The number of carboxylic acid groups (broad SMARTS) is 1. The fraction of sp³-hybridized carbons (Fsp3) is 0.222. The Bertz CT molecular complexity index is 1160. The summed E-state index contributed by atoms with van der Waals surface area (Å²) in [5.41, 5.74) is 5.43. The Balaban J connectivity index is 1.22. The minimum atomic E-state index is -1.01. The average Bonchev–Trinajstić information content (AvgIpc) is 3.18. The summed E-state index contributed by atoms with van der Waals surface area (Å²) in [7, 11) is 1.64. The van der Waals surface area contributed by atoms with Crippen molar-refractivity contribution >= 4 is 23.7 Å². The summed E-state index contributed by atoms with van der Waals surface area (Å²) in [6.07, 6.45) is 0.188. The molecule has 0 spiro atoms. The quantitative estimate of drug-likeness (QED) is 0.479. The molecule has 34 heavy (non-hydrogen) atoms. The second-order valence-corrected chi connectivity index (χ2v) is 8.16. The molecule has 0 aromatic heterocycles. The topological polar surface area (TPSA) is 95.9 Å². The van der Waals surface area contributed by atoms with Crippen molar-refractivity contribution in [3.63, 3.8) is 0 Å². The van der Waals surface area contributed by atoms with Gasteiger partial charge in [-0.2, -0.15) is 0 Å². The van der Waals surface area contributed by atoms with Gasteiger partial charge < -0.3 is 20.1 Å². The van der Waals surface area contributed by atoms with E-state index in [2.05, 4.69) is 29.6 Å². The maximum atomic E-state index is 12.4. The number of nitrogens with zero attached hydrogens (tertiary/aromatic N) is 1. The van der Waals surface area contributed by atoms with Crippen LogP contribution < -0.4 is 10.2 Å². The molecule has 0 saturated heterocycles. The molecule has 3 aromatic rings. The lowest BCUT2D eigenvalue weighted by molar-refractivity contribution is -0.118. The molecule has 2 N–H and O–H groups in total. The average molecular weight is 459 g/mol. The van der Waals surface area contributed by atoms with Crippen LogP contribution in [0.4, 0.5) is 10.5 Å². The Hall–Kier alpha value is -4.13. The molecule has 0 unspecified atom stereocenters. The van der Waals surface area contributed by atoms with Crippen molar-refractivity contribution < 1.29 is 24.2 Å². The number of hydrogen-bond acceptors (Lipinski definition) is 4. The molecule has 7 heteroatoms. The van der Waals surface area contributed by atoms with E-state index in [0.717, 1.165) is 11.1 Å². The van der Waals surface area contributed by atoms with Gasteiger partial charge in [-0.05, 0) is 52.9 Å². The van der Waals surface area contributed by atoms with Crippen LogP contribution in [-0.2, 0) is 9.53 Å². The van der Waals surface area contributed by atoms with Crippen LogP contribution in [0.1, 0.15) is 40.2 Å². The molecule has 0 saturated carbocycles. The van der Waals surface area contributed by atoms with Crippen LogP contribution >= 0.6 is 0 Å². The molecule has 0 bridgehead atoms. The van der Waals surface area contributed by atoms with Crippen molar-refractivity contribution in [2.75, 3.05) is 25.1 Å². The molecule has 7 nitrogen and oxygen atoms in total. The first-order valence-corrected chi connectivity index (χ1v) is 11.1. The van der Waals surface area contributed by atoms with Gasteiger partial charge in [-0.1, -0.05) is 48.5 Å². The highest BCUT2D eigenvalue weighted by atomic mass is 16.5. The van der Waals surface area contributed by atoms with Gasteiger partial charge in [0.05, 0.1) is 5.56 Å². The van der Waals surface area contributed by atoms with Gasteiger partial charge in [0.15, 0.2) is 0 Å². The highest BCUT2D eigenvalue weighted by Gasteiger charge is 2.28. The maximum Gasteiger partial charge on any atom is 0.407 e. The van der Waals surface area contributed by atoms with E-state index in [4.69, 9.17) is 9.84 Å². The molecular formula is C27H26N2O5. The van der Waals surface area contributed by atoms with Crippen molar-refractivity contribution in [2.24, 2.45) is 0 Å². The van der Waals surface area contributed by atoms with Gasteiger partial charge in [-0.15, -0.1) is 0 Å². The highest BCUT2D eigenvalue weighted by molar-refractivity contribution is 5.94. The number of ether oxygens (including phenoxy) is 1. The third kappa shape index (κ3) is 4.93. The van der Waals surface area contributed by atoms with Gasteiger partial charge >= 0.3 is 12.1 Å². The predicted octanol–water partition coefficient (Wildman–Crippen LogP) is 4.67. The summed E-state index contributed by atoms with van der Waals surface area (Å²) in [5, 5.41) is 11.7. The first-order valence-electron chi connectivity index (χ1n) is 11.1. The smallest absolute Gasteiger partial charge is 0.407 e. The summed E-state index contributed by atoms with van der Waals surface area (Å²) in [4.78, 5) is 37.1. The number of hydrogen-bond donors (Lipinski definition) is 2. The summed E-state index contributed by atoms with van der Waals surface area (Å²) < 4.78 is 5.50. The van der Waals surface area contributed by atoms with E-state index >= 15 is 0 Å². The monoisotopic (exact) mass is 458 g/mol. The molecule has 174 valence electrons. The minimum absolute atomic E-state index is 0.000827. The van der Waals surface area contributed by atoms with Crippen LogP contribution in [0, 0.1) is 0 Å². The summed E-state index contributed by atoms with van der Waals surface area (Å²) in [6.45, 7) is 0.558. The summed E-state index contributed by atoms with van der Waals surface area (Å²) in [6, 6.07) is 22.4. The number of nitrogens with one attached hydrogen (secondary N) is 1. The Kier molecular flexibility index (Phi) is 6.92. The number of amides is 2. The van der Waals surface area contributed by atoms with Crippen LogP contribution in [0.2, 0.25) is 0 Å². The zero-order valence-electron chi connectivity index (χ0n) is 18.9. The number of rotatable bonds is 8. The van der Waals surface area contributed by atoms with Crippen molar-refractivity contribution in [1.82, 2.24) is 5.32 Å². The first kappa shape index (κ1) is 23.0. The van der Waals surface area contributed by atoms with Crippen LogP contribution in [-0.4, -0.2) is 43.3 Å². The number of carbonyl (C=O) groups is 3. The SMILES string of the molecule is CN(C(=O)CCCNC(=O)OCC1c2ccccc2-c2ccccc21)c1ccc(C(=O)O)cc1. The normalized spacial score (nSPS) is 11.9. The predicted molar refractivity (Wildman–Crippen MR) is 129 cm³/mol. The Morgan fingerprint density at radius 2 is 1.50 bits per heavy atom. The Labute approximate surface area is 198 Å². The third-order valence-electron chi connectivity index (χ3n) is 6.06. The largest absolute Gasteiger partial charge is 0.478 e. The zero-order chi connectivity index (χ0) is 24.1. The van der Waals surface area contributed by atoms with Gasteiger partial charge in [0, 0.05) is 31.6 Å². The van der Waals surface area contributed by atoms with Crippen molar-refractivity contribution in [3.8, 4) is 11.1 Å². The number of alkyl carbamates (subject to hydrolysis) is 1. The highest BCUT2D eigenvalue weighted by Crippen LogP contribution is 2.44. The Morgan fingerprint density at radius 1 is 0.912 bits per heavy atom. The lowest BCUT2D eigenvalue weighted by atomic mass is 9.98. The van der Waals surface area contributed by atoms with E-state index in [9.17, 15) is 14.4 Å². The van der Waals surface area contributed by atoms with E-state index in [-0.39, 0.29) is 30.4 Å². The molecule has 0 aliphatic heterocycles. The fourth-order valence-corrected chi connectivity index (χ4v) is 4.22. The Morgan fingerprint density at radius 3 is 2.09 bits per heavy atom. The van der Waals surface area contributed by atoms with E-state index in [1.54, 1.807) is 19.2 Å². The van der Waals surface area contributed by atoms with Gasteiger partial charge in [0.1, 0.15) is 6.61 Å². The lowest BCUT2D eigenvalue weighted by Crippen LogP contribution is -2.29. The van der Waals surface area contributed by atoms with Crippen LogP contribution in [0.3, 0.4) is 0 Å². The van der Waals surface area contributed by atoms with Crippen LogP contribution in [0.25, 0.3) is 11.1 Å². The van der Waals surface area contributed by atoms with Crippen molar-refractivity contribution in [1.29, 1.82) is 0 Å². The molecular weight excluding hydrogens is 432 g/mol. The molecule has 4 rings (SSSR count). The number of aromatic carboxylic acids is 1. The van der Waals surface area contributed by atoms with Gasteiger partial charge in [0.2, 0.25) is 5.91 Å². The van der Waals surface area contributed by atoms with E-state index in [1.807, 2.05) is 24.3 Å². The molecule has 1 aliphatic rings. The standard InChI is InChI=1S/C27H26N2O5/c1-29(19-14-12-18(13-15-19)26(31)32)25(30)11-6-16-28-27(33)34-17-24-22-9-4-2-7-20(22)21-8-3-5-10-23(21)24/h2-5,7-10,12-15,24H,6,11,16-17H2,1H3,(H,28,33)(H,31,32). The number of fused-ring (bicyclic) bond motifs is 3. The van der Waals surface area contributed by atoms with Crippen molar-refractivity contribution in [2.45, 2.75) is 18.8 Å². The summed E-state index contributed by atoms with van der Waals surface area (Å²) in [5.74, 6) is -1.14. The van der Waals surface area contributed by atoms with Crippen LogP contribution in [0.15, 0.2) is 72.8 Å². The van der Waals surface area contributed by atoms with Gasteiger partial charge in [-0.25, -0.2) is 9.59 Å². The number of carbonyl (C=O) groups excluding carboxylic acids is 2. The number of anilines is 1. The maximum absolute atomic E-state index is 12.4. The second-order valence-electron chi connectivity index (χ2n) is 8.16. The van der Waals surface area contributed by atoms with E-state index in [0.29, 0.717) is 18.7 Å². The van der Waals surface area contributed by atoms with Crippen LogP contribution in [0.5, 0.6) is 0 Å². The second kappa shape index (κ2) is 10.2. The molecule has 0 fully saturated rings. The van der Waals surface area contributed by atoms with Gasteiger partial charge in [-0.3, -0.25) is 4.79 Å². The molecule has 1 aliphatic carbocycles. The number of benzene rings is 3. The molecule has 2 amide bonds.